The second-order valence-electron chi connectivity index (χ2n) is 5.51. The van der Waals surface area contributed by atoms with Crippen LogP contribution >= 0.6 is 11.8 Å². The summed E-state index contributed by atoms with van der Waals surface area (Å²) in [6, 6.07) is 5.46. The molecule has 4 nitrogen and oxygen atoms in total. The second kappa shape index (κ2) is 6.52. The zero-order valence-electron chi connectivity index (χ0n) is 13.0. The van der Waals surface area contributed by atoms with E-state index in [1.165, 1.54) is 0 Å². The molecule has 5 heteroatoms. The average molecular weight is 306 g/mol. The summed E-state index contributed by atoms with van der Waals surface area (Å²) in [6.45, 7) is 8.56. The van der Waals surface area contributed by atoms with Gasteiger partial charge in [-0.1, -0.05) is 20.8 Å². The van der Waals surface area contributed by atoms with Gasteiger partial charge in [-0.05, 0) is 30.9 Å². The largest absolute Gasteiger partial charge is 0.478 e. The highest BCUT2D eigenvalue weighted by atomic mass is 32.2. The first-order valence-corrected chi connectivity index (χ1v) is 8.44. The Morgan fingerprint density at radius 2 is 2.10 bits per heavy atom. The van der Waals surface area contributed by atoms with Crippen LogP contribution in [0.2, 0.25) is 0 Å². The molecule has 1 aromatic carbocycles. The molecule has 0 fully saturated rings. The third-order valence-corrected chi connectivity index (χ3v) is 4.61. The molecule has 0 saturated carbocycles. The average Bonchev–Trinajstić information content (AvgIpc) is 2.83. The molecule has 0 spiro atoms. The van der Waals surface area contributed by atoms with Crippen LogP contribution in [-0.2, 0) is 0 Å². The quantitative estimate of drug-likeness (QED) is 0.870. The molecule has 1 unspecified atom stereocenters. The van der Waals surface area contributed by atoms with Crippen molar-refractivity contribution in [2.75, 3.05) is 11.5 Å². The van der Waals surface area contributed by atoms with E-state index in [-0.39, 0.29) is 0 Å². The summed E-state index contributed by atoms with van der Waals surface area (Å²) < 4.78 is 2.20. The van der Waals surface area contributed by atoms with Gasteiger partial charge in [0.05, 0.1) is 16.6 Å². The number of rotatable bonds is 6. The van der Waals surface area contributed by atoms with Gasteiger partial charge in [-0.15, -0.1) is 0 Å². The van der Waals surface area contributed by atoms with E-state index in [2.05, 4.69) is 32.3 Å². The number of hydrogen-bond acceptors (Lipinski definition) is 3. The first kappa shape index (κ1) is 15.9. The molecule has 0 saturated heterocycles. The van der Waals surface area contributed by atoms with Crippen LogP contribution in [0.4, 0.5) is 0 Å². The van der Waals surface area contributed by atoms with Gasteiger partial charge in [0.25, 0.3) is 0 Å². The Morgan fingerprint density at radius 1 is 1.38 bits per heavy atom. The van der Waals surface area contributed by atoms with Gasteiger partial charge in [-0.2, -0.15) is 11.8 Å². The fourth-order valence-electron chi connectivity index (χ4n) is 2.48. The zero-order valence-corrected chi connectivity index (χ0v) is 13.8. The first-order valence-electron chi connectivity index (χ1n) is 7.28. The Kier molecular flexibility index (Phi) is 4.93. The van der Waals surface area contributed by atoms with Crippen molar-refractivity contribution in [3.63, 3.8) is 0 Å². The van der Waals surface area contributed by atoms with Crippen molar-refractivity contribution in [2.24, 2.45) is 0 Å². The predicted octanol–water partition coefficient (Wildman–Crippen LogP) is 4.17. The maximum Gasteiger partial charge on any atom is 0.335 e. The lowest BCUT2D eigenvalue weighted by atomic mass is 10.2. The fourth-order valence-corrected chi connectivity index (χ4v) is 3.20. The molecule has 2 rings (SSSR count). The van der Waals surface area contributed by atoms with Crippen LogP contribution in [0.15, 0.2) is 18.2 Å². The van der Waals surface area contributed by atoms with Crippen molar-refractivity contribution in [3.05, 3.63) is 29.6 Å². The predicted molar refractivity (Wildman–Crippen MR) is 88.5 cm³/mol. The standard InChI is InChI=1S/C16H22N2O2S/c1-5-21-9-11(4)18-14-8-12(16(19)20)6-7-13(14)17-15(18)10(2)3/h6-8,10-11H,5,9H2,1-4H3,(H,19,20). The van der Waals surface area contributed by atoms with Gasteiger partial charge in [-0.3, -0.25) is 0 Å². The summed E-state index contributed by atoms with van der Waals surface area (Å²) in [4.78, 5) is 15.9. The minimum absolute atomic E-state index is 0.293. The summed E-state index contributed by atoms with van der Waals surface area (Å²) in [7, 11) is 0. The molecule has 1 heterocycles. The number of fused-ring (bicyclic) bond motifs is 1. The van der Waals surface area contributed by atoms with E-state index in [4.69, 9.17) is 4.98 Å². The zero-order chi connectivity index (χ0) is 15.6. The number of hydrogen-bond donors (Lipinski definition) is 1. The first-order chi connectivity index (χ1) is 9.95. The summed E-state index contributed by atoms with van der Waals surface area (Å²) >= 11 is 1.89. The second-order valence-corrected chi connectivity index (χ2v) is 6.83. The molecule has 0 amide bonds. The normalized spacial score (nSPS) is 13.0. The third kappa shape index (κ3) is 3.23. The van der Waals surface area contributed by atoms with E-state index < -0.39 is 5.97 Å². The van der Waals surface area contributed by atoms with Crippen molar-refractivity contribution in [1.82, 2.24) is 9.55 Å². The van der Waals surface area contributed by atoms with Crippen LogP contribution in [0, 0.1) is 0 Å². The van der Waals surface area contributed by atoms with E-state index in [1.54, 1.807) is 18.2 Å². The Labute approximate surface area is 129 Å². The molecule has 2 aromatic rings. The van der Waals surface area contributed by atoms with Crippen LogP contribution in [0.25, 0.3) is 11.0 Å². The van der Waals surface area contributed by atoms with Gasteiger partial charge in [0.15, 0.2) is 0 Å². The lowest BCUT2D eigenvalue weighted by Crippen LogP contribution is -2.13. The van der Waals surface area contributed by atoms with Gasteiger partial charge in [-0.25, -0.2) is 9.78 Å². The number of carboxylic acid groups (broad SMARTS) is 1. The Hall–Kier alpha value is -1.49. The molecule has 1 atom stereocenters. The number of imidazole rings is 1. The number of aromatic nitrogens is 2. The van der Waals surface area contributed by atoms with Gasteiger partial charge >= 0.3 is 5.97 Å². The molecule has 114 valence electrons. The van der Waals surface area contributed by atoms with Crippen molar-refractivity contribution < 1.29 is 9.90 Å². The number of carboxylic acids is 1. The smallest absolute Gasteiger partial charge is 0.335 e. The third-order valence-electron chi connectivity index (χ3n) is 3.48. The molecule has 0 aliphatic carbocycles. The topological polar surface area (TPSA) is 55.1 Å². The van der Waals surface area contributed by atoms with Crippen molar-refractivity contribution in [2.45, 2.75) is 39.7 Å². The SMILES string of the molecule is CCSCC(C)n1c(C(C)C)nc2ccc(C(=O)O)cc21. The lowest BCUT2D eigenvalue weighted by molar-refractivity contribution is 0.0697. The van der Waals surface area contributed by atoms with E-state index >= 15 is 0 Å². The van der Waals surface area contributed by atoms with Crippen molar-refractivity contribution >= 4 is 28.8 Å². The molecule has 0 aliphatic rings. The van der Waals surface area contributed by atoms with Crippen molar-refractivity contribution in [1.29, 1.82) is 0 Å². The molecule has 0 radical (unpaired) electrons. The van der Waals surface area contributed by atoms with Crippen molar-refractivity contribution in [3.8, 4) is 0 Å². The maximum atomic E-state index is 11.2. The number of thioether (sulfide) groups is 1. The molecule has 1 aromatic heterocycles. The number of nitrogens with zero attached hydrogens (tertiary/aromatic N) is 2. The summed E-state index contributed by atoms with van der Waals surface area (Å²) in [5.41, 5.74) is 2.11. The van der Waals surface area contributed by atoms with Gasteiger partial charge in [0.1, 0.15) is 5.82 Å². The van der Waals surface area contributed by atoms with Crippen LogP contribution in [0.3, 0.4) is 0 Å². The van der Waals surface area contributed by atoms with Gasteiger partial charge < -0.3 is 9.67 Å². The van der Waals surface area contributed by atoms with E-state index in [9.17, 15) is 9.90 Å². The Bertz CT molecular complexity index is 649. The van der Waals surface area contributed by atoms with Crippen LogP contribution in [0.5, 0.6) is 0 Å². The summed E-state index contributed by atoms with van der Waals surface area (Å²) in [5, 5.41) is 9.20. The highest BCUT2D eigenvalue weighted by molar-refractivity contribution is 7.99. The summed E-state index contributed by atoms with van der Waals surface area (Å²) in [5.74, 6) is 2.51. The van der Waals surface area contributed by atoms with E-state index in [0.29, 0.717) is 17.5 Å². The Morgan fingerprint density at radius 3 is 2.67 bits per heavy atom. The van der Waals surface area contributed by atoms with Crippen LogP contribution in [-0.4, -0.2) is 32.1 Å². The van der Waals surface area contributed by atoms with Gasteiger partial charge in [0, 0.05) is 17.7 Å². The summed E-state index contributed by atoms with van der Waals surface area (Å²) in [6.07, 6.45) is 0. The maximum absolute atomic E-state index is 11.2. The highest BCUT2D eigenvalue weighted by Gasteiger charge is 2.19. The van der Waals surface area contributed by atoms with E-state index in [0.717, 1.165) is 28.4 Å². The number of aromatic carboxylic acids is 1. The van der Waals surface area contributed by atoms with Crippen LogP contribution in [0.1, 0.15) is 55.8 Å². The number of carbonyl (C=O) groups is 1. The highest BCUT2D eigenvalue weighted by Crippen LogP contribution is 2.28. The molecular formula is C16H22N2O2S. The van der Waals surface area contributed by atoms with Gasteiger partial charge in [0.2, 0.25) is 0 Å². The minimum Gasteiger partial charge on any atom is -0.478 e. The minimum atomic E-state index is -0.897. The van der Waals surface area contributed by atoms with Crippen LogP contribution < -0.4 is 0 Å². The van der Waals surface area contributed by atoms with E-state index in [1.807, 2.05) is 11.8 Å². The number of benzene rings is 1. The lowest BCUT2D eigenvalue weighted by Gasteiger charge is -2.19. The molecule has 0 bridgehead atoms. The molecule has 1 N–H and O–H groups in total. The Balaban J connectivity index is 2.58. The monoisotopic (exact) mass is 306 g/mol. The molecule has 21 heavy (non-hydrogen) atoms. The molecule has 0 aliphatic heterocycles. The fraction of sp³-hybridized carbons (Fsp3) is 0.500. The molecular weight excluding hydrogens is 284 g/mol.